The molecule has 7 heteroatoms. The van der Waals surface area contributed by atoms with E-state index in [2.05, 4.69) is 26.8 Å². The summed E-state index contributed by atoms with van der Waals surface area (Å²) in [6, 6.07) is 5.29. The Labute approximate surface area is 163 Å². The van der Waals surface area contributed by atoms with Crippen LogP contribution in [0.15, 0.2) is 43.2 Å². The van der Waals surface area contributed by atoms with E-state index in [1.165, 1.54) is 12.4 Å². The number of anilines is 2. The lowest BCUT2D eigenvalue weighted by Crippen LogP contribution is -2.35. The first kappa shape index (κ1) is 18.7. The second kappa shape index (κ2) is 8.52. The van der Waals surface area contributed by atoms with Crippen molar-refractivity contribution in [3.8, 4) is 0 Å². The number of rotatable bonds is 5. The van der Waals surface area contributed by atoms with Gasteiger partial charge in [-0.15, -0.1) is 6.58 Å². The minimum Gasteiger partial charge on any atom is -0.371 e. The van der Waals surface area contributed by atoms with Gasteiger partial charge in [0.2, 0.25) is 0 Å². The highest BCUT2D eigenvalue weighted by Crippen LogP contribution is 2.30. The maximum absolute atomic E-state index is 12.8. The van der Waals surface area contributed by atoms with Crippen LogP contribution < -0.4 is 10.2 Å². The molecule has 2 aromatic rings. The SMILES string of the molecule is C=CCC1CCN(c2cc(Cl)ccc2C(=O)Nc2cncc(Cl)n2)CC1. The molecular weight excluding hydrogens is 371 g/mol. The normalized spacial score (nSPS) is 14.9. The van der Waals surface area contributed by atoms with E-state index in [4.69, 9.17) is 23.2 Å². The quantitative estimate of drug-likeness (QED) is 0.742. The first-order valence-corrected chi connectivity index (χ1v) is 9.26. The van der Waals surface area contributed by atoms with Crippen LogP contribution in [0.5, 0.6) is 0 Å². The number of nitrogens with one attached hydrogen (secondary N) is 1. The zero-order valence-corrected chi connectivity index (χ0v) is 15.8. The summed E-state index contributed by atoms with van der Waals surface area (Å²) in [6.07, 6.45) is 8.02. The molecule has 0 unspecified atom stereocenters. The number of benzene rings is 1. The van der Waals surface area contributed by atoms with E-state index in [1.54, 1.807) is 12.1 Å². The van der Waals surface area contributed by atoms with Gasteiger partial charge in [-0.05, 0) is 43.4 Å². The number of nitrogens with zero attached hydrogens (tertiary/aromatic N) is 3. The average molecular weight is 391 g/mol. The van der Waals surface area contributed by atoms with Crippen LogP contribution in [0.25, 0.3) is 0 Å². The van der Waals surface area contributed by atoms with Gasteiger partial charge in [-0.2, -0.15) is 0 Å². The highest BCUT2D eigenvalue weighted by atomic mass is 35.5. The summed E-state index contributed by atoms with van der Waals surface area (Å²) in [5.74, 6) is 0.705. The third-order valence-corrected chi connectivity index (χ3v) is 4.92. The first-order valence-electron chi connectivity index (χ1n) is 8.51. The van der Waals surface area contributed by atoms with Gasteiger partial charge >= 0.3 is 0 Å². The number of aromatic nitrogens is 2. The summed E-state index contributed by atoms with van der Waals surface area (Å²) in [4.78, 5) is 23.0. The molecule has 5 nitrogen and oxygen atoms in total. The van der Waals surface area contributed by atoms with Crippen molar-refractivity contribution < 1.29 is 4.79 Å². The summed E-state index contributed by atoms with van der Waals surface area (Å²) in [5, 5.41) is 3.58. The Hall–Kier alpha value is -2.11. The molecule has 1 N–H and O–H groups in total. The molecular formula is C19H20Cl2N4O. The molecule has 1 fully saturated rings. The lowest BCUT2D eigenvalue weighted by Gasteiger charge is -2.34. The number of allylic oxidation sites excluding steroid dienone is 1. The molecule has 0 atom stereocenters. The Morgan fingerprint density at radius 1 is 1.31 bits per heavy atom. The van der Waals surface area contributed by atoms with Gasteiger partial charge in [-0.25, -0.2) is 4.98 Å². The number of amides is 1. The molecule has 1 aromatic carbocycles. The van der Waals surface area contributed by atoms with Crippen molar-refractivity contribution in [3.05, 3.63) is 59.0 Å². The maximum Gasteiger partial charge on any atom is 0.258 e. The van der Waals surface area contributed by atoms with Crippen LogP contribution in [-0.4, -0.2) is 29.0 Å². The summed E-state index contributed by atoms with van der Waals surface area (Å²) in [7, 11) is 0. The van der Waals surface area contributed by atoms with Crippen LogP contribution in [0.4, 0.5) is 11.5 Å². The predicted octanol–water partition coefficient (Wildman–Crippen LogP) is 4.83. The molecule has 0 radical (unpaired) electrons. The van der Waals surface area contributed by atoms with Crippen LogP contribution in [0.3, 0.4) is 0 Å². The van der Waals surface area contributed by atoms with Crippen molar-refractivity contribution >= 4 is 40.6 Å². The molecule has 0 aliphatic carbocycles. The second-order valence-corrected chi connectivity index (χ2v) is 7.12. The fraction of sp³-hybridized carbons (Fsp3) is 0.316. The Morgan fingerprint density at radius 3 is 2.77 bits per heavy atom. The summed E-state index contributed by atoms with van der Waals surface area (Å²) in [5.41, 5.74) is 1.39. The van der Waals surface area contributed by atoms with Gasteiger partial charge in [-0.1, -0.05) is 29.3 Å². The molecule has 3 rings (SSSR count). The van der Waals surface area contributed by atoms with Crippen LogP contribution in [-0.2, 0) is 0 Å². The average Bonchev–Trinajstić information content (AvgIpc) is 2.62. The monoisotopic (exact) mass is 390 g/mol. The van der Waals surface area contributed by atoms with E-state index in [0.717, 1.165) is 38.0 Å². The van der Waals surface area contributed by atoms with Crippen molar-refractivity contribution in [2.75, 3.05) is 23.3 Å². The molecule has 2 heterocycles. The molecule has 26 heavy (non-hydrogen) atoms. The van der Waals surface area contributed by atoms with Crippen LogP contribution in [0.1, 0.15) is 29.6 Å². The Kier molecular flexibility index (Phi) is 6.12. The maximum atomic E-state index is 12.8. The highest BCUT2D eigenvalue weighted by Gasteiger charge is 2.23. The fourth-order valence-corrected chi connectivity index (χ4v) is 3.50. The van der Waals surface area contributed by atoms with E-state index < -0.39 is 0 Å². The zero-order chi connectivity index (χ0) is 18.5. The van der Waals surface area contributed by atoms with Crippen LogP contribution in [0, 0.1) is 5.92 Å². The van der Waals surface area contributed by atoms with Gasteiger partial charge in [-0.3, -0.25) is 9.78 Å². The van der Waals surface area contributed by atoms with Crippen molar-refractivity contribution in [1.29, 1.82) is 0 Å². The Balaban J connectivity index is 1.79. The Morgan fingerprint density at radius 2 is 2.08 bits per heavy atom. The van der Waals surface area contributed by atoms with Gasteiger partial charge in [0.1, 0.15) is 5.15 Å². The van der Waals surface area contributed by atoms with E-state index in [0.29, 0.717) is 22.3 Å². The fourth-order valence-electron chi connectivity index (χ4n) is 3.19. The topological polar surface area (TPSA) is 58.1 Å². The van der Waals surface area contributed by atoms with E-state index in [9.17, 15) is 4.79 Å². The first-order chi connectivity index (χ1) is 12.6. The molecule has 0 bridgehead atoms. The number of carbonyl (C=O) groups is 1. The van der Waals surface area contributed by atoms with Gasteiger partial charge in [0.05, 0.1) is 23.6 Å². The third-order valence-electron chi connectivity index (χ3n) is 4.51. The van der Waals surface area contributed by atoms with Gasteiger partial charge in [0.15, 0.2) is 5.82 Å². The number of halogens is 2. The van der Waals surface area contributed by atoms with Crippen molar-refractivity contribution in [3.63, 3.8) is 0 Å². The number of hydrogen-bond acceptors (Lipinski definition) is 4. The van der Waals surface area contributed by atoms with Gasteiger partial charge in [0.25, 0.3) is 5.91 Å². The highest BCUT2D eigenvalue weighted by molar-refractivity contribution is 6.31. The van der Waals surface area contributed by atoms with Gasteiger partial charge in [0, 0.05) is 18.1 Å². The molecule has 0 spiro atoms. The molecule has 1 aromatic heterocycles. The minimum absolute atomic E-state index is 0.225. The van der Waals surface area contributed by atoms with Crippen molar-refractivity contribution in [2.24, 2.45) is 5.92 Å². The van der Waals surface area contributed by atoms with E-state index >= 15 is 0 Å². The van der Waals surface area contributed by atoms with Crippen molar-refractivity contribution in [1.82, 2.24) is 9.97 Å². The van der Waals surface area contributed by atoms with Crippen molar-refractivity contribution in [2.45, 2.75) is 19.3 Å². The molecule has 1 aliphatic rings. The zero-order valence-electron chi connectivity index (χ0n) is 14.3. The second-order valence-electron chi connectivity index (χ2n) is 6.30. The lowest BCUT2D eigenvalue weighted by atomic mass is 9.93. The smallest absolute Gasteiger partial charge is 0.258 e. The lowest BCUT2D eigenvalue weighted by molar-refractivity contribution is 0.102. The van der Waals surface area contributed by atoms with E-state index in [1.807, 2.05) is 12.1 Å². The predicted molar refractivity (Wildman–Crippen MR) is 106 cm³/mol. The summed E-state index contributed by atoms with van der Waals surface area (Å²) < 4.78 is 0. The summed E-state index contributed by atoms with van der Waals surface area (Å²) in [6.45, 7) is 5.59. The largest absolute Gasteiger partial charge is 0.371 e. The molecule has 1 saturated heterocycles. The number of carbonyl (C=O) groups excluding carboxylic acids is 1. The van der Waals surface area contributed by atoms with Crippen LogP contribution >= 0.6 is 23.2 Å². The molecule has 1 aliphatic heterocycles. The molecule has 136 valence electrons. The molecule has 0 saturated carbocycles. The van der Waals surface area contributed by atoms with Gasteiger partial charge < -0.3 is 10.2 Å². The minimum atomic E-state index is -0.263. The van der Waals surface area contributed by atoms with E-state index in [-0.39, 0.29) is 11.1 Å². The Bertz CT molecular complexity index is 804. The summed E-state index contributed by atoms with van der Waals surface area (Å²) >= 11 is 12.0. The molecule has 1 amide bonds. The number of piperidine rings is 1. The number of hydrogen-bond donors (Lipinski definition) is 1. The standard InChI is InChI=1S/C19H20Cl2N4O/c1-2-3-13-6-8-25(9-7-13)16-10-14(20)4-5-15(16)19(26)24-18-12-22-11-17(21)23-18/h2,4-5,10-13H,1,3,6-9H2,(H,23,24,26). The third kappa shape index (κ3) is 4.54. The van der Waals surface area contributed by atoms with Crippen LogP contribution in [0.2, 0.25) is 10.2 Å².